The molecule has 0 radical (unpaired) electrons. The fourth-order valence-electron chi connectivity index (χ4n) is 5.65. The van der Waals surface area contributed by atoms with Crippen molar-refractivity contribution in [2.75, 3.05) is 26.4 Å². The summed E-state index contributed by atoms with van der Waals surface area (Å²) >= 11 is 0. The van der Waals surface area contributed by atoms with Crippen molar-refractivity contribution in [1.82, 2.24) is 9.80 Å². The molecule has 1 saturated heterocycles. The van der Waals surface area contributed by atoms with E-state index in [-0.39, 0.29) is 17.7 Å². The molecule has 2 heterocycles. The summed E-state index contributed by atoms with van der Waals surface area (Å²) in [5, 5.41) is 0. The fourth-order valence-corrected chi connectivity index (χ4v) is 6.93. The van der Waals surface area contributed by atoms with Gasteiger partial charge in [0.2, 0.25) is 16.6 Å². The quantitative estimate of drug-likeness (QED) is 0.634. The van der Waals surface area contributed by atoms with Gasteiger partial charge in [-0.25, -0.2) is 8.42 Å². The highest BCUT2D eigenvalue weighted by atomic mass is 32.2. The Morgan fingerprint density at radius 2 is 1.61 bits per heavy atom. The first-order valence-corrected chi connectivity index (χ1v) is 13.7. The molecule has 2 aliphatic heterocycles. The highest BCUT2D eigenvalue weighted by Gasteiger charge is 2.32. The molecule has 5 rings (SSSR count). The Kier molecular flexibility index (Phi) is 6.38. The number of sulfone groups is 1. The Morgan fingerprint density at radius 1 is 0.909 bits per heavy atom. The summed E-state index contributed by atoms with van der Waals surface area (Å²) in [6.45, 7) is 7.97. The maximum absolute atomic E-state index is 13.1. The molecule has 3 aliphatic rings. The molecular weight excluding hydrogens is 436 g/mol. The SMILES string of the molecule is C[C@@H]1CN(C2CCCCC2)CCN1[C@H](C)c1ccc(S(=O)(=O)c2ccc3c(c2)OCO3)cc1. The van der Waals surface area contributed by atoms with Crippen LogP contribution in [0, 0.1) is 0 Å². The number of hydrogen-bond acceptors (Lipinski definition) is 6. The molecule has 0 N–H and O–H groups in total. The van der Waals surface area contributed by atoms with Crippen LogP contribution in [0.25, 0.3) is 0 Å². The van der Waals surface area contributed by atoms with Crippen LogP contribution in [0.15, 0.2) is 52.3 Å². The third kappa shape index (κ3) is 4.51. The molecule has 0 unspecified atom stereocenters. The molecule has 1 saturated carbocycles. The highest BCUT2D eigenvalue weighted by molar-refractivity contribution is 7.91. The zero-order valence-corrected chi connectivity index (χ0v) is 20.4. The summed E-state index contributed by atoms with van der Waals surface area (Å²) in [5.41, 5.74) is 1.15. The number of hydrogen-bond donors (Lipinski definition) is 0. The Hall–Kier alpha value is -2.09. The Labute approximate surface area is 197 Å². The van der Waals surface area contributed by atoms with Gasteiger partial charge in [-0.1, -0.05) is 31.4 Å². The van der Waals surface area contributed by atoms with Gasteiger partial charge < -0.3 is 9.47 Å². The first kappa shape index (κ1) is 22.7. The smallest absolute Gasteiger partial charge is 0.231 e. The van der Waals surface area contributed by atoms with Crippen LogP contribution in [0.5, 0.6) is 11.5 Å². The lowest BCUT2D eigenvalue weighted by Crippen LogP contribution is -2.55. The normalized spacial score (nSPS) is 23.5. The molecular formula is C26H34N2O4S. The van der Waals surface area contributed by atoms with Crippen molar-refractivity contribution in [3.63, 3.8) is 0 Å². The van der Waals surface area contributed by atoms with E-state index in [9.17, 15) is 8.42 Å². The third-order valence-corrected chi connectivity index (χ3v) is 9.39. The molecule has 1 aliphatic carbocycles. The predicted octanol–water partition coefficient (Wildman–Crippen LogP) is 4.65. The third-order valence-electron chi connectivity index (χ3n) is 7.63. The number of piperazine rings is 1. The van der Waals surface area contributed by atoms with Crippen LogP contribution < -0.4 is 9.47 Å². The Balaban J connectivity index is 1.27. The molecule has 7 heteroatoms. The van der Waals surface area contributed by atoms with E-state index < -0.39 is 9.84 Å². The number of fused-ring (bicyclic) bond motifs is 1. The number of nitrogens with zero attached hydrogens (tertiary/aromatic N) is 2. The highest BCUT2D eigenvalue weighted by Crippen LogP contribution is 2.36. The van der Waals surface area contributed by atoms with Gasteiger partial charge in [0.25, 0.3) is 0 Å². The number of benzene rings is 2. The van der Waals surface area contributed by atoms with Gasteiger partial charge in [-0.2, -0.15) is 0 Å². The van der Waals surface area contributed by atoms with Crippen molar-refractivity contribution in [2.45, 2.75) is 73.9 Å². The van der Waals surface area contributed by atoms with E-state index in [0.717, 1.165) is 31.2 Å². The molecule has 0 spiro atoms. The second-order valence-electron chi connectivity index (χ2n) is 9.64. The average molecular weight is 471 g/mol. The first-order chi connectivity index (χ1) is 15.9. The van der Waals surface area contributed by atoms with Crippen LogP contribution in [-0.2, 0) is 9.84 Å². The zero-order chi connectivity index (χ0) is 23.0. The summed E-state index contributed by atoms with van der Waals surface area (Å²) in [7, 11) is -3.61. The summed E-state index contributed by atoms with van der Waals surface area (Å²) in [5.74, 6) is 1.05. The second kappa shape index (κ2) is 9.28. The Morgan fingerprint density at radius 3 is 2.33 bits per heavy atom. The molecule has 6 nitrogen and oxygen atoms in total. The van der Waals surface area contributed by atoms with Crippen molar-refractivity contribution < 1.29 is 17.9 Å². The van der Waals surface area contributed by atoms with Crippen LogP contribution in [0.1, 0.15) is 57.6 Å². The van der Waals surface area contributed by atoms with E-state index in [1.165, 1.54) is 32.1 Å². The monoisotopic (exact) mass is 470 g/mol. The first-order valence-electron chi connectivity index (χ1n) is 12.2. The largest absolute Gasteiger partial charge is 0.454 e. The minimum absolute atomic E-state index is 0.124. The zero-order valence-electron chi connectivity index (χ0n) is 19.6. The lowest BCUT2D eigenvalue weighted by molar-refractivity contribution is 0.0225. The number of ether oxygens (including phenoxy) is 2. The molecule has 178 valence electrons. The summed E-state index contributed by atoms with van der Waals surface area (Å²) in [4.78, 5) is 5.78. The summed E-state index contributed by atoms with van der Waals surface area (Å²) in [6.07, 6.45) is 6.83. The van der Waals surface area contributed by atoms with E-state index in [4.69, 9.17) is 9.47 Å². The van der Waals surface area contributed by atoms with E-state index >= 15 is 0 Å². The standard InChI is InChI=1S/C26H34N2O4S/c1-19-17-27(22-6-4-3-5-7-22)14-15-28(19)20(2)21-8-10-23(11-9-21)33(29,30)24-12-13-25-26(16-24)32-18-31-25/h8-13,16,19-20,22H,3-7,14-15,17-18H2,1-2H3/t19-,20-/m1/s1. The van der Waals surface area contributed by atoms with Crippen LogP contribution in [0.3, 0.4) is 0 Å². The van der Waals surface area contributed by atoms with Crippen LogP contribution in [0.4, 0.5) is 0 Å². The van der Waals surface area contributed by atoms with Gasteiger partial charge in [0.15, 0.2) is 11.5 Å². The van der Waals surface area contributed by atoms with Crippen molar-refractivity contribution in [2.24, 2.45) is 0 Å². The molecule has 2 fully saturated rings. The lowest BCUT2D eigenvalue weighted by atomic mass is 9.93. The van der Waals surface area contributed by atoms with Crippen molar-refractivity contribution in [1.29, 1.82) is 0 Å². The molecule has 2 aromatic carbocycles. The molecule has 33 heavy (non-hydrogen) atoms. The van der Waals surface area contributed by atoms with Gasteiger partial charge in [-0.05, 0) is 56.5 Å². The number of rotatable bonds is 5. The lowest BCUT2D eigenvalue weighted by Gasteiger charge is -2.46. The van der Waals surface area contributed by atoms with Crippen molar-refractivity contribution in [3.05, 3.63) is 48.0 Å². The molecule has 0 aromatic heterocycles. The predicted molar refractivity (Wildman–Crippen MR) is 127 cm³/mol. The van der Waals surface area contributed by atoms with Gasteiger partial charge in [-0.3, -0.25) is 9.80 Å². The minimum atomic E-state index is -3.61. The van der Waals surface area contributed by atoms with Gasteiger partial charge >= 0.3 is 0 Å². The molecule has 0 bridgehead atoms. The van der Waals surface area contributed by atoms with E-state index in [0.29, 0.717) is 22.4 Å². The molecule has 2 atom stereocenters. The van der Waals surface area contributed by atoms with Gasteiger partial charge in [0.05, 0.1) is 9.79 Å². The van der Waals surface area contributed by atoms with E-state index in [1.807, 2.05) is 12.1 Å². The maximum Gasteiger partial charge on any atom is 0.231 e. The van der Waals surface area contributed by atoms with Crippen LogP contribution in [-0.4, -0.2) is 56.7 Å². The maximum atomic E-state index is 13.1. The van der Waals surface area contributed by atoms with Gasteiger partial charge in [0.1, 0.15) is 0 Å². The average Bonchev–Trinajstić information content (AvgIpc) is 3.32. The van der Waals surface area contributed by atoms with Crippen molar-refractivity contribution >= 4 is 9.84 Å². The van der Waals surface area contributed by atoms with Gasteiger partial charge in [0, 0.05) is 43.8 Å². The van der Waals surface area contributed by atoms with Crippen molar-refractivity contribution in [3.8, 4) is 11.5 Å². The second-order valence-corrected chi connectivity index (χ2v) is 11.6. The van der Waals surface area contributed by atoms with Crippen LogP contribution in [0.2, 0.25) is 0 Å². The van der Waals surface area contributed by atoms with E-state index in [1.54, 1.807) is 30.3 Å². The van der Waals surface area contributed by atoms with Gasteiger partial charge in [-0.15, -0.1) is 0 Å². The summed E-state index contributed by atoms with van der Waals surface area (Å²) in [6, 6.07) is 13.6. The fraction of sp³-hybridized carbons (Fsp3) is 0.538. The minimum Gasteiger partial charge on any atom is -0.454 e. The topological polar surface area (TPSA) is 59.1 Å². The Bertz CT molecular complexity index is 1080. The van der Waals surface area contributed by atoms with E-state index in [2.05, 4.69) is 23.6 Å². The molecule has 0 amide bonds. The summed E-state index contributed by atoms with van der Waals surface area (Å²) < 4.78 is 36.9. The van der Waals surface area contributed by atoms with Crippen LogP contribution >= 0.6 is 0 Å². The molecule has 2 aromatic rings.